The van der Waals surface area contributed by atoms with E-state index >= 15 is 4.79 Å². The number of methoxy groups -OCH3 is 2. The second-order valence-corrected chi connectivity index (χ2v) is 17.3. The zero-order valence-corrected chi connectivity index (χ0v) is 36.2. The number of carbonyl (C=O) groups is 2. The first kappa shape index (κ1) is 43.4. The number of amides is 2. The quantitative estimate of drug-likeness (QED) is 0.0905. The molecule has 3 aliphatic carbocycles. The van der Waals surface area contributed by atoms with Crippen LogP contribution < -0.4 is 14.8 Å². The van der Waals surface area contributed by atoms with Crippen LogP contribution in [0.15, 0.2) is 133 Å². The second-order valence-electron chi connectivity index (χ2n) is 17.3. The number of allylic oxidation sites excluding steroid dienone is 2. The summed E-state index contributed by atoms with van der Waals surface area (Å²) in [7, 11) is 3.21. The van der Waals surface area contributed by atoms with E-state index in [1.807, 2.05) is 122 Å². The summed E-state index contributed by atoms with van der Waals surface area (Å²) in [6, 6.07) is 38.6. The van der Waals surface area contributed by atoms with Gasteiger partial charge in [0.2, 0.25) is 0 Å². The van der Waals surface area contributed by atoms with Crippen LogP contribution in [-0.2, 0) is 13.0 Å². The lowest BCUT2D eigenvalue weighted by Gasteiger charge is -2.46. The average Bonchev–Trinajstić information content (AvgIpc) is 3.53. The highest BCUT2D eigenvalue weighted by atomic mass is 16.5. The number of hydrogen-bond acceptors (Lipinski definition) is 6. The Hall–Kier alpha value is -5.70. The Labute approximate surface area is 361 Å². The minimum absolute atomic E-state index is 0.0512. The molecule has 61 heavy (non-hydrogen) atoms. The molecule has 5 aromatic carbocycles. The Morgan fingerprint density at radius 1 is 0.852 bits per heavy atom. The second kappa shape index (κ2) is 18.9. The fraction of sp³-hybridized carbons (Fsp3) is 0.358. The van der Waals surface area contributed by atoms with Crippen molar-refractivity contribution in [1.29, 1.82) is 0 Å². The SMILES string of the molecule is COc1ccc(CN(CC2(O)CCC3c4ccc(cc4C(=O)c4ccccc4-c4ccccc4)CC(O)CCC(C)=CCCC32C)C(=O)NC(C)c2ccccc2)c(OC)c1. The number of rotatable bonds is 11. The van der Waals surface area contributed by atoms with Crippen LogP contribution in [0.4, 0.5) is 4.79 Å². The zero-order chi connectivity index (χ0) is 43.1. The molecule has 5 atom stereocenters. The van der Waals surface area contributed by atoms with Crippen LogP contribution in [0.5, 0.6) is 11.5 Å². The smallest absolute Gasteiger partial charge is 0.318 e. The lowest BCUT2D eigenvalue weighted by Crippen LogP contribution is -2.55. The summed E-state index contributed by atoms with van der Waals surface area (Å²) in [5, 5.41) is 27.8. The van der Waals surface area contributed by atoms with Crippen molar-refractivity contribution < 1.29 is 29.3 Å². The first-order chi connectivity index (χ1) is 29.4. The minimum Gasteiger partial charge on any atom is -0.497 e. The molecule has 5 unspecified atom stereocenters. The molecule has 5 aromatic rings. The molecule has 318 valence electrons. The van der Waals surface area contributed by atoms with Crippen molar-refractivity contribution in [1.82, 2.24) is 10.2 Å². The van der Waals surface area contributed by atoms with Gasteiger partial charge in [0.25, 0.3) is 0 Å². The maximum absolute atomic E-state index is 15.1. The van der Waals surface area contributed by atoms with Crippen molar-refractivity contribution >= 4 is 11.8 Å². The Morgan fingerprint density at radius 2 is 1.57 bits per heavy atom. The van der Waals surface area contributed by atoms with Crippen LogP contribution in [0.3, 0.4) is 0 Å². The molecule has 2 amide bonds. The van der Waals surface area contributed by atoms with Crippen LogP contribution in [0.25, 0.3) is 11.1 Å². The zero-order valence-electron chi connectivity index (χ0n) is 36.2. The van der Waals surface area contributed by atoms with E-state index in [1.54, 1.807) is 19.1 Å². The molecule has 0 spiro atoms. The molecular formula is C53H60N2O6. The molecule has 8 nitrogen and oxygen atoms in total. The molecule has 1 fully saturated rings. The topological polar surface area (TPSA) is 108 Å². The number of aliphatic hydroxyl groups excluding tert-OH is 1. The number of ketones is 1. The number of ether oxygens (including phenoxy) is 2. The third-order valence-electron chi connectivity index (χ3n) is 13.4. The van der Waals surface area contributed by atoms with Gasteiger partial charge >= 0.3 is 6.03 Å². The number of aliphatic hydroxyl groups is 2. The Balaban J connectivity index is 1.32. The van der Waals surface area contributed by atoms with E-state index in [-0.39, 0.29) is 36.9 Å². The van der Waals surface area contributed by atoms with Crippen LogP contribution in [-0.4, -0.2) is 59.4 Å². The Morgan fingerprint density at radius 3 is 2.31 bits per heavy atom. The summed E-state index contributed by atoms with van der Waals surface area (Å²) in [5.74, 6) is 0.909. The molecule has 0 radical (unpaired) electrons. The van der Waals surface area contributed by atoms with Gasteiger partial charge < -0.3 is 29.9 Å². The summed E-state index contributed by atoms with van der Waals surface area (Å²) in [5.41, 5.74) is 5.61. The van der Waals surface area contributed by atoms with Crippen molar-refractivity contribution in [3.05, 3.63) is 166 Å². The molecule has 0 aromatic heterocycles. The number of fused-ring (bicyclic) bond motifs is 8. The fourth-order valence-electron chi connectivity index (χ4n) is 9.70. The molecule has 1 saturated carbocycles. The maximum Gasteiger partial charge on any atom is 0.318 e. The van der Waals surface area contributed by atoms with E-state index in [4.69, 9.17) is 9.47 Å². The number of carbonyl (C=O) groups excluding carboxylic acids is 2. The van der Waals surface area contributed by atoms with Gasteiger partial charge in [-0.1, -0.05) is 116 Å². The van der Waals surface area contributed by atoms with Crippen molar-refractivity contribution in [3.63, 3.8) is 0 Å². The highest BCUT2D eigenvalue weighted by molar-refractivity contribution is 6.13. The predicted octanol–water partition coefficient (Wildman–Crippen LogP) is 10.6. The molecule has 8 heteroatoms. The van der Waals surface area contributed by atoms with Gasteiger partial charge in [-0.15, -0.1) is 0 Å². The summed E-state index contributed by atoms with van der Waals surface area (Å²) >= 11 is 0. The van der Waals surface area contributed by atoms with Crippen LogP contribution >= 0.6 is 0 Å². The molecule has 0 heterocycles. The predicted molar refractivity (Wildman–Crippen MR) is 242 cm³/mol. The van der Waals surface area contributed by atoms with E-state index in [1.165, 1.54) is 5.57 Å². The van der Waals surface area contributed by atoms with E-state index in [2.05, 4.69) is 31.3 Å². The summed E-state index contributed by atoms with van der Waals surface area (Å²) in [4.78, 5) is 31.5. The largest absolute Gasteiger partial charge is 0.497 e. The van der Waals surface area contributed by atoms with E-state index in [9.17, 15) is 15.0 Å². The Kier molecular flexibility index (Phi) is 13.5. The molecule has 3 aliphatic rings. The van der Waals surface area contributed by atoms with Crippen molar-refractivity contribution in [3.8, 4) is 22.6 Å². The summed E-state index contributed by atoms with van der Waals surface area (Å²) < 4.78 is 11.3. The number of hydrogen-bond donors (Lipinski definition) is 3. The van der Waals surface area contributed by atoms with Gasteiger partial charge in [-0.05, 0) is 111 Å². The van der Waals surface area contributed by atoms with Gasteiger partial charge in [0.1, 0.15) is 11.5 Å². The average molecular weight is 821 g/mol. The molecule has 3 N–H and O–H groups in total. The number of nitrogens with zero attached hydrogens (tertiary/aromatic N) is 1. The van der Waals surface area contributed by atoms with Gasteiger partial charge in [0.05, 0.1) is 45.1 Å². The van der Waals surface area contributed by atoms with E-state index < -0.39 is 17.1 Å². The van der Waals surface area contributed by atoms with Gasteiger partial charge in [0, 0.05) is 28.2 Å². The minimum atomic E-state index is -1.35. The standard InChI is InChI=1S/C53H60N2O6/c1-36-15-14-29-52(3)48(45-27-23-38(31-42(56)25-22-36)32-47(45)50(57)46-21-13-12-20-44(46)40-18-10-7-11-19-40)28-30-53(52,59)35-55(34-41-24-26-43(60-4)33-49(41)61-5)51(58)54-37(2)39-16-8-6-9-17-39/h6-13,15-21,23-24,26-27,32-33,37,42,48,56,59H,14,22,25,28-31,34-35H2,1-5H3,(H,54,58). The van der Waals surface area contributed by atoms with Gasteiger partial charge in [0.15, 0.2) is 5.78 Å². The normalized spacial score (nSPS) is 22.0. The highest BCUT2D eigenvalue weighted by Crippen LogP contribution is 2.59. The Bertz CT molecular complexity index is 2340. The van der Waals surface area contributed by atoms with E-state index in [0.29, 0.717) is 61.2 Å². The maximum atomic E-state index is 15.1. The monoisotopic (exact) mass is 820 g/mol. The lowest BCUT2D eigenvalue weighted by atomic mass is 9.64. The van der Waals surface area contributed by atoms with Gasteiger partial charge in [-0.25, -0.2) is 4.79 Å². The molecule has 8 rings (SSSR count). The van der Waals surface area contributed by atoms with Crippen molar-refractivity contribution in [2.24, 2.45) is 5.41 Å². The van der Waals surface area contributed by atoms with Crippen molar-refractivity contribution in [2.75, 3.05) is 20.8 Å². The molecule has 0 saturated heterocycles. The molecule has 0 aliphatic heterocycles. The third-order valence-corrected chi connectivity index (χ3v) is 13.4. The molecular weight excluding hydrogens is 761 g/mol. The number of urea groups is 1. The highest BCUT2D eigenvalue weighted by Gasteiger charge is 2.57. The first-order valence-electron chi connectivity index (χ1n) is 21.6. The van der Waals surface area contributed by atoms with Gasteiger partial charge in [-0.3, -0.25) is 4.79 Å². The first-order valence-corrected chi connectivity index (χ1v) is 21.6. The lowest BCUT2D eigenvalue weighted by molar-refractivity contribution is -0.0781. The molecule has 2 bridgehead atoms. The van der Waals surface area contributed by atoms with E-state index in [0.717, 1.165) is 39.8 Å². The third kappa shape index (κ3) is 9.46. The van der Waals surface area contributed by atoms with Crippen LogP contribution in [0.1, 0.15) is 109 Å². The number of nitrogens with one attached hydrogen (secondary N) is 1. The van der Waals surface area contributed by atoms with Crippen LogP contribution in [0.2, 0.25) is 0 Å². The fourth-order valence-corrected chi connectivity index (χ4v) is 9.70. The van der Waals surface area contributed by atoms with Gasteiger partial charge in [-0.2, -0.15) is 0 Å². The van der Waals surface area contributed by atoms with Crippen molar-refractivity contribution in [2.45, 2.75) is 95.9 Å². The summed E-state index contributed by atoms with van der Waals surface area (Å²) in [6.45, 7) is 6.45. The van der Waals surface area contributed by atoms with Crippen LogP contribution in [0, 0.1) is 5.41 Å². The summed E-state index contributed by atoms with van der Waals surface area (Å²) in [6.07, 6.45) is 5.81. The number of benzene rings is 5.